The van der Waals surface area contributed by atoms with Gasteiger partial charge in [0.05, 0.1) is 6.61 Å². The highest BCUT2D eigenvalue weighted by Crippen LogP contribution is 2.14. The monoisotopic (exact) mass is 284 g/mol. The average molecular weight is 285 g/mol. The van der Waals surface area contributed by atoms with Crippen LogP contribution in [0, 0.1) is 0 Å². The lowest BCUT2D eigenvalue weighted by Crippen LogP contribution is -2.05. The lowest BCUT2D eigenvalue weighted by molar-refractivity contribution is 0.325. The van der Waals surface area contributed by atoms with E-state index in [1.807, 2.05) is 6.92 Å². The summed E-state index contributed by atoms with van der Waals surface area (Å²) < 4.78 is 7.09. The van der Waals surface area contributed by atoms with E-state index in [0.717, 1.165) is 0 Å². The molecule has 0 atom stereocenters. The second-order valence-electron chi connectivity index (χ2n) is 2.78. The Morgan fingerprint density at radius 2 is 2.31 bits per heavy atom. The number of hydrogen-bond donors (Lipinski definition) is 1. The van der Waals surface area contributed by atoms with E-state index in [1.165, 1.54) is 4.68 Å². The van der Waals surface area contributed by atoms with Crippen molar-refractivity contribution in [3.05, 3.63) is 17.0 Å². The number of halogens is 1. The maximum atomic E-state index is 5.45. The summed E-state index contributed by atoms with van der Waals surface area (Å²) in [6.45, 7) is 2.42. The molecule has 0 bridgehead atoms. The quantitative estimate of drug-likeness (QED) is 0.896. The molecule has 2 heterocycles. The molecule has 8 heteroatoms. The van der Waals surface area contributed by atoms with Gasteiger partial charge in [0.2, 0.25) is 16.6 Å². The Morgan fingerprint density at radius 3 is 2.94 bits per heavy atom. The number of anilines is 1. The van der Waals surface area contributed by atoms with Crippen molar-refractivity contribution in [2.45, 2.75) is 6.92 Å². The minimum atomic E-state index is 0.150. The number of aromatic nitrogens is 5. The van der Waals surface area contributed by atoms with Crippen LogP contribution in [-0.4, -0.2) is 31.3 Å². The van der Waals surface area contributed by atoms with Gasteiger partial charge in [-0.25, -0.2) is 4.98 Å². The van der Waals surface area contributed by atoms with E-state index < -0.39 is 0 Å². The van der Waals surface area contributed by atoms with Crippen molar-refractivity contribution < 1.29 is 4.74 Å². The Morgan fingerprint density at radius 1 is 1.50 bits per heavy atom. The molecule has 2 aromatic rings. The minimum absolute atomic E-state index is 0.150. The summed E-state index contributed by atoms with van der Waals surface area (Å²) in [7, 11) is 0. The Balaban J connectivity index is 2.40. The number of nitrogens with zero attached hydrogens (tertiary/aromatic N) is 5. The topological polar surface area (TPSA) is 91.7 Å². The van der Waals surface area contributed by atoms with Gasteiger partial charge in [0, 0.05) is 12.3 Å². The molecule has 0 aliphatic rings. The normalized spacial score (nSPS) is 10.4. The van der Waals surface area contributed by atoms with Crippen molar-refractivity contribution in [1.29, 1.82) is 0 Å². The van der Waals surface area contributed by atoms with Crippen LogP contribution in [0.25, 0.3) is 5.95 Å². The first-order valence-corrected chi connectivity index (χ1v) is 5.34. The zero-order valence-corrected chi connectivity index (χ0v) is 10.0. The molecule has 0 radical (unpaired) electrons. The Hall–Kier alpha value is -1.70. The van der Waals surface area contributed by atoms with Crippen LogP contribution in [0.1, 0.15) is 6.92 Å². The smallest absolute Gasteiger partial charge is 0.256 e. The summed E-state index contributed by atoms with van der Waals surface area (Å²) in [6, 6.07) is 1.67. The first-order valence-electron chi connectivity index (χ1n) is 4.55. The lowest BCUT2D eigenvalue weighted by atomic mass is 10.6. The van der Waals surface area contributed by atoms with Crippen LogP contribution in [-0.2, 0) is 0 Å². The highest BCUT2D eigenvalue weighted by atomic mass is 79.9. The van der Waals surface area contributed by atoms with E-state index in [-0.39, 0.29) is 5.95 Å². The third-order valence-corrected chi connectivity index (χ3v) is 2.20. The molecule has 0 amide bonds. The Bertz CT molecular complexity index is 499. The molecule has 84 valence electrons. The fraction of sp³-hybridized carbons (Fsp3) is 0.250. The van der Waals surface area contributed by atoms with Gasteiger partial charge in [0.25, 0.3) is 5.95 Å². The first kappa shape index (κ1) is 10.8. The van der Waals surface area contributed by atoms with Crippen molar-refractivity contribution in [1.82, 2.24) is 24.7 Å². The fourth-order valence-electron chi connectivity index (χ4n) is 1.10. The highest BCUT2D eigenvalue weighted by molar-refractivity contribution is 9.10. The molecule has 2 rings (SSSR count). The molecule has 0 fully saturated rings. The van der Waals surface area contributed by atoms with Crippen LogP contribution in [0.15, 0.2) is 17.0 Å². The molecule has 0 aliphatic carbocycles. The summed E-state index contributed by atoms with van der Waals surface area (Å²) >= 11 is 3.21. The number of rotatable bonds is 3. The molecule has 0 aromatic carbocycles. The van der Waals surface area contributed by atoms with Crippen molar-refractivity contribution >= 4 is 21.9 Å². The lowest BCUT2D eigenvalue weighted by Gasteiger charge is -2.03. The van der Waals surface area contributed by atoms with Crippen LogP contribution >= 0.6 is 15.9 Å². The molecule has 16 heavy (non-hydrogen) atoms. The Kier molecular flexibility index (Phi) is 3.00. The maximum absolute atomic E-state index is 5.45. The summed E-state index contributed by atoms with van der Waals surface area (Å²) in [5.74, 6) is 0.979. The molecule has 2 N–H and O–H groups in total. The third-order valence-electron chi connectivity index (χ3n) is 1.68. The van der Waals surface area contributed by atoms with Crippen molar-refractivity contribution in [2.24, 2.45) is 0 Å². The molecule has 0 unspecified atom stereocenters. The molecule has 7 nitrogen and oxygen atoms in total. The van der Waals surface area contributed by atoms with Crippen LogP contribution in [0.5, 0.6) is 5.88 Å². The summed E-state index contributed by atoms with van der Waals surface area (Å²) in [5.41, 5.74) is 5.45. The van der Waals surface area contributed by atoms with Crippen molar-refractivity contribution in [2.75, 3.05) is 12.3 Å². The average Bonchev–Trinajstić information content (AvgIpc) is 2.59. The largest absolute Gasteiger partial charge is 0.478 e. The highest BCUT2D eigenvalue weighted by Gasteiger charge is 2.10. The molecule has 0 saturated carbocycles. The van der Waals surface area contributed by atoms with Gasteiger partial charge in [-0.3, -0.25) is 0 Å². The zero-order chi connectivity index (χ0) is 11.5. The molecule has 0 aliphatic heterocycles. The fourth-order valence-corrected chi connectivity index (χ4v) is 1.52. The van der Waals surface area contributed by atoms with Crippen LogP contribution in [0.2, 0.25) is 0 Å². The standard InChI is InChI=1S/C8H9BrN6O/c1-2-16-5-3-4-11-8(12-5)15-6(9)13-7(10)14-15/h3-4H,2H2,1H3,(H2,10,14). The second-order valence-corrected chi connectivity index (χ2v) is 3.49. The molecule has 0 saturated heterocycles. The van der Waals surface area contributed by atoms with E-state index in [1.54, 1.807) is 12.3 Å². The third kappa shape index (κ3) is 2.11. The van der Waals surface area contributed by atoms with Gasteiger partial charge < -0.3 is 10.5 Å². The summed E-state index contributed by atoms with van der Waals surface area (Å²) in [5, 5.41) is 3.94. The van der Waals surface area contributed by atoms with Gasteiger partial charge in [-0.15, -0.1) is 5.10 Å². The zero-order valence-electron chi connectivity index (χ0n) is 8.46. The number of nitrogens with two attached hydrogens (primary N) is 1. The van der Waals surface area contributed by atoms with Crippen LogP contribution in [0.4, 0.5) is 5.95 Å². The maximum Gasteiger partial charge on any atom is 0.256 e. The van der Waals surface area contributed by atoms with Crippen LogP contribution in [0.3, 0.4) is 0 Å². The van der Waals surface area contributed by atoms with Gasteiger partial charge in [-0.2, -0.15) is 14.6 Å². The first-order chi connectivity index (χ1) is 7.70. The predicted octanol–water partition coefficient (Wildman–Crippen LogP) is 0.801. The SMILES string of the molecule is CCOc1ccnc(-n2nc(N)nc2Br)n1. The Labute approximate surface area is 99.8 Å². The van der Waals surface area contributed by atoms with Gasteiger partial charge >= 0.3 is 0 Å². The van der Waals surface area contributed by atoms with Gasteiger partial charge in [-0.1, -0.05) is 0 Å². The van der Waals surface area contributed by atoms with Gasteiger partial charge in [0.1, 0.15) is 0 Å². The molecular weight excluding hydrogens is 276 g/mol. The van der Waals surface area contributed by atoms with Crippen molar-refractivity contribution in [3.63, 3.8) is 0 Å². The van der Waals surface area contributed by atoms with E-state index in [2.05, 4.69) is 36.0 Å². The van der Waals surface area contributed by atoms with E-state index >= 15 is 0 Å². The molecule has 2 aromatic heterocycles. The minimum Gasteiger partial charge on any atom is -0.478 e. The molecule has 0 spiro atoms. The van der Waals surface area contributed by atoms with E-state index in [0.29, 0.717) is 23.2 Å². The molecular formula is C8H9BrN6O. The summed E-state index contributed by atoms with van der Waals surface area (Å²) in [6.07, 6.45) is 1.58. The predicted molar refractivity (Wildman–Crippen MR) is 60.2 cm³/mol. The number of nitrogen functional groups attached to an aromatic ring is 1. The van der Waals surface area contributed by atoms with E-state index in [9.17, 15) is 0 Å². The second kappa shape index (κ2) is 4.44. The van der Waals surface area contributed by atoms with Crippen molar-refractivity contribution in [3.8, 4) is 11.8 Å². The van der Waals surface area contributed by atoms with E-state index in [4.69, 9.17) is 10.5 Å². The van der Waals surface area contributed by atoms with Gasteiger partial charge in [0.15, 0.2) is 0 Å². The summed E-state index contributed by atoms with van der Waals surface area (Å²) in [4.78, 5) is 12.1. The number of hydrogen-bond acceptors (Lipinski definition) is 6. The number of ether oxygens (including phenoxy) is 1. The van der Waals surface area contributed by atoms with Gasteiger partial charge in [-0.05, 0) is 22.9 Å². The van der Waals surface area contributed by atoms with Crippen LogP contribution < -0.4 is 10.5 Å².